The van der Waals surface area contributed by atoms with Crippen molar-refractivity contribution in [1.29, 1.82) is 0 Å². The number of alkyl carbamates (subject to hydrolysis) is 1. The summed E-state index contributed by atoms with van der Waals surface area (Å²) in [5, 5.41) is 17.1. The molecule has 17 heteroatoms. The quantitative estimate of drug-likeness (QED) is 0.252. The third kappa shape index (κ3) is 9.33. The van der Waals surface area contributed by atoms with E-state index in [1.54, 1.807) is 26.8 Å². The number of carbonyl (C=O) groups excluding carboxylic acids is 5. The van der Waals surface area contributed by atoms with E-state index in [2.05, 4.69) is 27.3 Å². The number of hydrogen-bond donors (Lipinski definition) is 5. The average molecular weight is 774 g/mol. The van der Waals surface area contributed by atoms with Crippen molar-refractivity contribution in [1.82, 2.24) is 20.3 Å². The van der Waals surface area contributed by atoms with E-state index in [1.165, 1.54) is 23.1 Å². The molecule has 2 aliphatic carbocycles. The molecule has 1 saturated heterocycles. The van der Waals surface area contributed by atoms with Gasteiger partial charge in [-0.1, -0.05) is 46.1 Å². The Morgan fingerprint density at radius 3 is 2.37 bits per heavy atom. The van der Waals surface area contributed by atoms with Crippen LogP contribution < -0.4 is 20.7 Å². The first-order valence-electron chi connectivity index (χ1n) is 18.5. The lowest BCUT2D eigenvalue weighted by Crippen LogP contribution is -2.70. The number of ether oxygens (including phenoxy) is 2. The molecule has 1 aromatic rings. The van der Waals surface area contributed by atoms with E-state index >= 15 is 0 Å². The van der Waals surface area contributed by atoms with Gasteiger partial charge in [0.2, 0.25) is 21.8 Å². The van der Waals surface area contributed by atoms with Crippen molar-refractivity contribution in [2.24, 2.45) is 11.3 Å². The molecule has 0 spiro atoms. The van der Waals surface area contributed by atoms with Crippen LogP contribution in [0.3, 0.4) is 0 Å². The number of anilines is 1. The van der Waals surface area contributed by atoms with Gasteiger partial charge in [0, 0.05) is 18.0 Å². The van der Waals surface area contributed by atoms with Gasteiger partial charge in [0.25, 0.3) is 5.91 Å². The number of carboxylic acid groups (broad SMARTS) is 1. The minimum Gasteiger partial charge on any atom is -0.478 e. The lowest BCUT2D eigenvalue weighted by molar-refractivity contribution is -0.145. The van der Waals surface area contributed by atoms with Crippen LogP contribution in [-0.4, -0.2) is 96.4 Å². The van der Waals surface area contributed by atoms with Crippen LogP contribution in [0.15, 0.2) is 30.9 Å². The van der Waals surface area contributed by atoms with Crippen LogP contribution in [-0.2, 0) is 40.3 Å². The predicted octanol–water partition coefficient (Wildman–Crippen LogP) is 3.61. The van der Waals surface area contributed by atoms with Gasteiger partial charge in [0.15, 0.2) is 0 Å². The summed E-state index contributed by atoms with van der Waals surface area (Å²) in [5.74, 6) is -4.03. The number of aromatic carboxylic acids is 1. The van der Waals surface area contributed by atoms with E-state index < -0.39 is 86.2 Å². The number of carbonyl (C=O) groups is 6. The normalized spacial score (nSPS) is 27.4. The summed E-state index contributed by atoms with van der Waals surface area (Å²) in [6, 6.07) is 1.96. The number of sulfonamides is 1. The fraction of sp³-hybridized carbons (Fsp3) is 0.622. The van der Waals surface area contributed by atoms with Gasteiger partial charge in [-0.15, -0.1) is 6.58 Å². The Morgan fingerprint density at radius 2 is 1.74 bits per heavy atom. The topological polar surface area (TPSA) is 227 Å². The van der Waals surface area contributed by atoms with E-state index in [0.29, 0.717) is 49.8 Å². The predicted molar refractivity (Wildman–Crippen MR) is 196 cm³/mol. The molecule has 2 heterocycles. The van der Waals surface area contributed by atoms with Crippen LogP contribution in [0.4, 0.5) is 15.3 Å². The Bertz CT molecular complexity index is 1770. The number of carboxylic acids is 1. The number of nitrogens with one attached hydrogen (secondary N) is 4. The number of rotatable bonds is 7. The number of amides is 5. The number of fused-ring (bicyclic) bond motifs is 4. The molecule has 54 heavy (non-hydrogen) atoms. The summed E-state index contributed by atoms with van der Waals surface area (Å²) in [6.07, 6.45) is 4.02. The zero-order valence-electron chi connectivity index (χ0n) is 31.0. The summed E-state index contributed by atoms with van der Waals surface area (Å²) in [6.45, 7) is 8.82. The number of benzene rings is 1. The van der Waals surface area contributed by atoms with Gasteiger partial charge in [-0.3, -0.25) is 24.4 Å². The minimum atomic E-state index is -3.96. The van der Waals surface area contributed by atoms with E-state index in [0.717, 1.165) is 19.3 Å². The molecule has 5 rings (SSSR count). The maximum Gasteiger partial charge on any atom is 0.411 e. The average Bonchev–Trinajstić information content (AvgIpc) is 3.86. The summed E-state index contributed by atoms with van der Waals surface area (Å²) in [7, 11) is -3.96. The number of cyclic esters (lactones) is 1. The third-order valence-electron chi connectivity index (χ3n) is 10.6. The van der Waals surface area contributed by atoms with Crippen molar-refractivity contribution in [2.45, 2.75) is 120 Å². The highest BCUT2D eigenvalue weighted by atomic mass is 32.2. The van der Waals surface area contributed by atoms with Gasteiger partial charge in [-0.05, 0) is 74.1 Å². The highest BCUT2D eigenvalue weighted by molar-refractivity contribution is 7.91. The van der Waals surface area contributed by atoms with Crippen LogP contribution in [0.1, 0.15) is 101 Å². The molecule has 3 fully saturated rings. The van der Waals surface area contributed by atoms with Gasteiger partial charge in [0.05, 0.1) is 24.0 Å². The molecular weight excluding hydrogens is 722 g/mol. The molecule has 5 atom stereocenters. The smallest absolute Gasteiger partial charge is 0.411 e. The van der Waals surface area contributed by atoms with Crippen molar-refractivity contribution in [3.63, 3.8) is 0 Å². The van der Waals surface area contributed by atoms with Crippen LogP contribution in [0.2, 0.25) is 0 Å². The minimum absolute atomic E-state index is 0.103. The molecule has 4 aliphatic rings. The van der Waals surface area contributed by atoms with Crippen LogP contribution in [0.25, 0.3) is 0 Å². The van der Waals surface area contributed by atoms with Gasteiger partial charge < -0.3 is 30.1 Å². The van der Waals surface area contributed by atoms with Gasteiger partial charge in [0.1, 0.15) is 23.7 Å². The van der Waals surface area contributed by atoms with E-state index in [-0.39, 0.29) is 31.6 Å². The molecular formula is C37H51N5O11S. The van der Waals surface area contributed by atoms with Gasteiger partial charge in [-0.2, -0.15) is 0 Å². The van der Waals surface area contributed by atoms with Crippen molar-refractivity contribution in [3.05, 3.63) is 42.0 Å². The molecule has 4 bridgehead atoms. The molecule has 16 nitrogen and oxygen atoms in total. The van der Waals surface area contributed by atoms with Crippen molar-refractivity contribution >= 4 is 51.6 Å². The first-order valence-corrected chi connectivity index (χ1v) is 20.1. The van der Waals surface area contributed by atoms with Crippen LogP contribution in [0.5, 0.6) is 0 Å². The molecule has 1 aromatic carbocycles. The maximum absolute atomic E-state index is 14.4. The second kappa shape index (κ2) is 16.4. The summed E-state index contributed by atoms with van der Waals surface area (Å²) < 4.78 is 38.7. The third-order valence-corrected chi connectivity index (χ3v) is 12.4. The summed E-state index contributed by atoms with van der Waals surface area (Å²) in [5.41, 5.74) is -1.58. The monoisotopic (exact) mass is 773 g/mol. The molecule has 5 amide bonds. The Kier molecular flexibility index (Phi) is 12.3. The second-order valence-corrected chi connectivity index (χ2v) is 17.6. The van der Waals surface area contributed by atoms with Gasteiger partial charge in [-0.25, -0.2) is 22.8 Å². The van der Waals surface area contributed by atoms with E-state index in [1.807, 2.05) is 0 Å². The Labute approximate surface area is 315 Å². The number of aryl methyl sites for hydroxylation is 1. The Morgan fingerprint density at radius 1 is 1.04 bits per heavy atom. The lowest BCUT2D eigenvalue weighted by Gasteiger charge is -2.47. The zero-order chi connectivity index (χ0) is 39.4. The summed E-state index contributed by atoms with van der Waals surface area (Å²) in [4.78, 5) is 81.5. The lowest BCUT2D eigenvalue weighted by atomic mass is 9.66. The van der Waals surface area contributed by atoms with E-state index in [4.69, 9.17) is 9.47 Å². The first-order chi connectivity index (χ1) is 25.4. The molecule has 296 valence electrons. The second-order valence-electron chi connectivity index (χ2n) is 15.7. The molecule has 5 N–H and O–H groups in total. The number of nitrogens with zero attached hydrogens (tertiary/aromatic N) is 1. The molecule has 0 radical (unpaired) electrons. The van der Waals surface area contributed by atoms with Crippen molar-refractivity contribution in [2.75, 3.05) is 18.5 Å². The highest BCUT2D eigenvalue weighted by Gasteiger charge is 2.56. The molecule has 2 saturated carbocycles. The van der Waals surface area contributed by atoms with Gasteiger partial charge >= 0.3 is 18.2 Å². The Hall–Kier alpha value is -4.67. The summed E-state index contributed by atoms with van der Waals surface area (Å²) >= 11 is 0. The fourth-order valence-corrected chi connectivity index (χ4v) is 8.61. The Balaban J connectivity index is 1.43. The SMILES string of the molecule is C=C[C@@H]1CC[C@]1(NC(=O)[C@@H]1C[C@@H]2CN1C(=O)[C@H](C(C)(C)C)NC(=O)OCCCCCCCc1cc(ccc1C(=O)O)NC(=O)O2)C(=O)NS(=O)(=O)C1CC1. The molecule has 2 aliphatic heterocycles. The largest absolute Gasteiger partial charge is 0.478 e. The fourth-order valence-electron chi connectivity index (χ4n) is 7.24. The van der Waals surface area contributed by atoms with Crippen LogP contribution >= 0.6 is 0 Å². The first kappa shape index (κ1) is 40.5. The highest BCUT2D eigenvalue weighted by Crippen LogP contribution is 2.41. The van der Waals surface area contributed by atoms with Crippen molar-refractivity contribution < 1.29 is 51.8 Å². The van der Waals surface area contributed by atoms with E-state index in [9.17, 15) is 42.3 Å². The van der Waals surface area contributed by atoms with Crippen molar-refractivity contribution in [3.8, 4) is 0 Å². The molecule has 0 aromatic heterocycles. The van der Waals surface area contributed by atoms with Crippen LogP contribution in [0, 0.1) is 11.3 Å². The molecule has 0 unspecified atom stereocenters. The zero-order valence-corrected chi connectivity index (χ0v) is 31.8. The number of hydrogen-bond acceptors (Lipinski definition) is 10. The maximum atomic E-state index is 14.4. The standard InChI is InChI=1S/C37H51N5O11S/c1-5-23-16-17-37(23,33(47)41-54(50,51)26-13-14-26)40-30(43)28-20-25-21-42(28)31(44)29(36(2,3)4)39-34(48)52-18-10-8-6-7-9-11-22-19-24(38-35(49)53-25)12-15-27(22)32(45)46/h5,12,15,19,23,25-26,28-29H,1,6-11,13-14,16-18,20-21H2,2-4H3,(H,38,49)(H,39,48)(H,40,43)(H,41,47)(H,45,46)/t23-,25-,28+,29-,37-/m1/s1.